The predicted molar refractivity (Wildman–Crippen MR) is 64.2 cm³/mol. The molecular weight excluding hydrogens is 300 g/mol. The second kappa shape index (κ2) is 5.49. The van der Waals surface area contributed by atoms with Crippen molar-refractivity contribution in [2.75, 3.05) is 6.54 Å². The van der Waals surface area contributed by atoms with Crippen LogP contribution in [0.4, 0.5) is 26.3 Å². The van der Waals surface area contributed by atoms with Gasteiger partial charge in [-0.2, -0.15) is 26.3 Å². The highest BCUT2D eigenvalue weighted by Crippen LogP contribution is 2.40. The number of alkyl halides is 6. The van der Waals surface area contributed by atoms with Gasteiger partial charge in [0.1, 0.15) is 0 Å². The fourth-order valence-electron chi connectivity index (χ4n) is 1.70. The third kappa shape index (κ3) is 4.10. The van der Waals surface area contributed by atoms with Gasteiger partial charge in [-0.1, -0.05) is 13.8 Å². The largest absolute Gasteiger partial charge is 0.416 e. The molecule has 0 saturated carbocycles. The summed E-state index contributed by atoms with van der Waals surface area (Å²) >= 11 is 0. The van der Waals surface area contributed by atoms with Crippen molar-refractivity contribution in [2.45, 2.75) is 32.3 Å². The van der Waals surface area contributed by atoms with E-state index in [4.69, 9.17) is 5.73 Å². The summed E-state index contributed by atoms with van der Waals surface area (Å²) in [5, 5.41) is 10.0. The zero-order valence-corrected chi connectivity index (χ0v) is 11.3. The molecule has 1 aromatic rings. The van der Waals surface area contributed by atoms with Crippen molar-refractivity contribution in [1.29, 1.82) is 0 Å². The first kappa shape index (κ1) is 17.8. The molecule has 0 fully saturated rings. The molecule has 8 heteroatoms. The molecule has 120 valence electrons. The Morgan fingerprint density at radius 1 is 0.952 bits per heavy atom. The first-order valence-corrected chi connectivity index (χ1v) is 5.96. The monoisotopic (exact) mass is 315 g/mol. The number of nitrogens with two attached hydrogens (primary N) is 1. The van der Waals surface area contributed by atoms with E-state index in [9.17, 15) is 31.4 Å². The molecular formula is C13H15F6NO. The minimum Gasteiger partial charge on any atom is -0.388 e. The summed E-state index contributed by atoms with van der Waals surface area (Å²) < 4.78 is 76.2. The quantitative estimate of drug-likeness (QED) is 0.835. The lowest BCUT2D eigenvalue weighted by Gasteiger charge is -2.30. The second-order valence-electron chi connectivity index (χ2n) is 5.43. The first-order valence-electron chi connectivity index (χ1n) is 5.96. The van der Waals surface area contributed by atoms with Crippen molar-refractivity contribution in [2.24, 2.45) is 11.1 Å². The number of halogens is 6. The molecule has 0 aliphatic rings. The Morgan fingerprint density at radius 3 is 1.62 bits per heavy atom. The third-order valence-electron chi connectivity index (χ3n) is 3.19. The molecule has 2 nitrogen and oxygen atoms in total. The van der Waals surface area contributed by atoms with Gasteiger partial charge < -0.3 is 10.8 Å². The lowest BCUT2D eigenvalue weighted by Crippen LogP contribution is -2.31. The predicted octanol–water partition coefficient (Wildman–Crippen LogP) is 3.74. The molecule has 21 heavy (non-hydrogen) atoms. The smallest absolute Gasteiger partial charge is 0.388 e. The van der Waals surface area contributed by atoms with Crippen LogP contribution in [0.2, 0.25) is 0 Å². The summed E-state index contributed by atoms with van der Waals surface area (Å²) in [6.45, 7) is 2.79. The van der Waals surface area contributed by atoms with Gasteiger partial charge in [0.25, 0.3) is 0 Å². The Balaban J connectivity index is 3.46. The first-order chi connectivity index (χ1) is 9.29. The van der Waals surface area contributed by atoms with Crippen LogP contribution in [-0.4, -0.2) is 11.7 Å². The van der Waals surface area contributed by atoms with Crippen molar-refractivity contribution in [3.05, 3.63) is 34.9 Å². The van der Waals surface area contributed by atoms with Crippen molar-refractivity contribution in [3.8, 4) is 0 Å². The number of rotatable bonds is 3. The van der Waals surface area contributed by atoms with Gasteiger partial charge in [0.15, 0.2) is 0 Å². The Morgan fingerprint density at radius 2 is 1.33 bits per heavy atom. The molecule has 0 heterocycles. The molecule has 0 radical (unpaired) electrons. The van der Waals surface area contributed by atoms with Gasteiger partial charge in [-0.15, -0.1) is 0 Å². The third-order valence-corrected chi connectivity index (χ3v) is 3.19. The molecule has 0 aliphatic carbocycles. The van der Waals surface area contributed by atoms with E-state index in [-0.39, 0.29) is 12.6 Å². The minimum absolute atomic E-state index is 0.0195. The topological polar surface area (TPSA) is 46.2 Å². The number of hydrogen-bond donors (Lipinski definition) is 2. The molecule has 3 N–H and O–H groups in total. The second-order valence-corrected chi connectivity index (χ2v) is 5.43. The molecule has 0 aromatic heterocycles. The minimum atomic E-state index is -4.94. The molecule has 0 aliphatic heterocycles. The van der Waals surface area contributed by atoms with Gasteiger partial charge in [-0.3, -0.25) is 0 Å². The van der Waals surface area contributed by atoms with E-state index in [0.29, 0.717) is 12.1 Å². The maximum atomic E-state index is 12.7. The van der Waals surface area contributed by atoms with Crippen LogP contribution in [-0.2, 0) is 12.4 Å². The zero-order valence-electron chi connectivity index (χ0n) is 11.3. The summed E-state index contributed by atoms with van der Waals surface area (Å²) in [5.41, 5.74) is 0.942. The van der Waals surface area contributed by atoms with Gasteiger partial charge >= 0.3 is 12.4 Å². The van der Waals surface area contributed by atoms with Crippen LogP contribution in [0, 0.1) is 5.41 Å². The highest BCUT2D eigenvalue weighted by molar-refractivity contribution is 5.35. The number of hydrogen-bond acceptors (Lipinski definition) is 2. The van der Waals surface area contributed by atoms with Gasteiger partial charge in [-0.25, -0.2) is 0 Å². The Bertz CT molecular complexity index is 474. The van der Waals surface area contributed by atoms with E-state index in [1.807, 2.05) is 0 Å². The van der Waals surface area contributed by atoms with E-state index in [0.717, 1.165) is 0 Å². The molecule has 1 atom stereocenters. The van der Waals surface area contributed by atoms with Gasteiger partial charge in [-0.05, 0) is 23.8 Å². The van der Waals surface area contributed by atoms with Crippen LogP contribution < -0.4 is 5.73 Å². The molecule has 1 unspecified atom stereocenters. The molecule has 1 rings (SSSR count). The van der Waals surface area contributed by atoms with Crippen LogP contribution in [0.1, 0.15) is 36.6 Å². The molecule has 0 amide bonds. The van der Waals surface area contributed by atoms with Crippen molar-refractivity contribution < 1.29 is 31.4 Å². The van der Waals surface area contributed by atoms with Gasteiger partial charge in [0.2, 0.25) is 0 Å². The van der Waals surface area contributed by atoms with Crippen LogP contribution in [0.3, 0.4) is 0 Å². The Hall–Kier alpha value is -1.28. The van der Waals surface area contributed by atoms with E-state index in [1.165, 1.54) is 13.8 Å². The molecule has 0 spiro atoms. The number of benzene rings is 1. The zero-order chi connectivity index (χ0) is 16.6. The highest BCUT2D eigenvalue weighted by Gasteiger charge is 2.38. The Labute approximate surface area is 117 Å². The van der Waals surface area contributed by atoms with Crippen molar-refractivity contribution >= 4 is 0 Å². The van der Waals surface area contributed by atoms with Crippen LogP contribution in [0.15, 0.2) is 18.2 Å². The Kier molecular flexibility index (Phi) is 4.65. The number of aliphatic hydroxyl groups is 1. The average molecular weight is 315 g/mol. The highest BCUT2D eigenvalue weighted by atomic mass is 19.4. The maximum absolute atomic E-state index is 12.7. The summed E-state index contributed by atoms with van der Waals surface area (Å²) in [5.74, 6) is 0. The lowest BCUT2D eigenvalue weighted by molar-refractivity contribution is -0.143. The lowest BCUT2D eigenvalue weighted by atomic mass is 9.82. The van der Waals surface area contributed by atoms with Gasteiger partial charge in [0, 0.05) is 12.0 Å². The van der Waals surface area contributed by atoms with Crippen LogP contribution >= 0.6 is 0 Å². The van der Waals surface area contributed by atoms with Crippen LogP contribution in [0.25, 0.3) is 0 Å². The van der Waals surface area contributed by atoms with Crippen LogP contribution in [0.5, 0.6) is 0 Å². The van der Waals surface area contributed by atoms with Gasteiger partial charge in [0.05, 0.1) is 17.2 Å². The van der Waals surface area contributed by atoms with E-state index >= 15 is 0 Å². The summed E-state index contributed by atoms with van der Waals surface area (Å²) in [4.78, 5) is 0. The molecule has 0 saturated heterocycles. The molecule has 1 aromatic carbocycles. The van der Waals surface area contributed by atoms with E-state index in [2.05, 4.69) is 0 Å². The van der Waals surface area contributed by atoms with E-state index < -0.39 is 40.6 Å². The number of aliphatic hydroxyl groups excluding tert-OH is 1. The standard InChI is InChI=1S/C13H15F6NO/c1-11(2,6-20)10(21)7-3-8(12(14,15)16)5-9(4-7)13(17,18)19/h3-5,10,21H,6,20H2,1-2H3. The summed E-state index contributed by atoms with van der Waals surface area (Å²) in [7, 11) is 0. The average Bonchev–Trinajstić information content (AvgIpc) is 2.35. The summed E-state index contributed by atoms with van der Waals surface area (Å²) in [6, 6.07) is 1.04. The summed E-state index contributed by atoms with van der Waals surface area (Å²) in [6.07, 6.45) is -11.4. The fourth-order valence-corrected chi connectivity index (χ4v) is 1.70. The SMILES string of the molecule is CC(C)(CN)C(O)c1cc(C(F)(F)F)cc(C(F)(F)F)c1. The molecule has 0 bridgehead atoms. The van der Waals surface area contributed by atoms with Crippen molar-refractivity contribution in [1.82, 2.24) is 0 Å². The normalized spacial score (nSPS) is 15.1. The van der Waals surface area contributed by atoms with Crippen molar-refractivity contribution in [3.63, 3.8) is 0 Å². The van der Waals surface area contributed by atoms with E-state index in [1.54, 1.807) is 0 Å². The maximum Gasteiger partial charge on any atom is 0.416 e. The fraction of sp³-hybridized carbons (Fsp3) is 0.538.